The summed E-state index contributed by atoms with van der Waals surface area (Å²) in [5.74, 6) is -0.0116. The van der Waals surface area contributed by atoms with Gasteiger partial charge in [0.1, 0.15) is 0 Å². The van der Waals surface area contributed by atoms with Gasteiger partial charge in [-0.15, -0.1) is 0 Å². The van der Waals surface area contributed by atoms with Crippen LogP contribution in [0.1, 0.15) is 31.1 Å². The van der Waals surface area contributed by atoms with Crippen molar-refractivity contribution in [3.8, 4) is 0 Å². The van der Waals surface area contributed by atoms with E-state index in [9.17, 15) is 4.79 Å². The van der Waals surface area contributed by atoms with Gasteiger partial charge in [0.15, 0.2) is 0 Å². The number of amides is 1. The molecule has 2 nitrogen and oxygen atoms in total. The first kappa shape index (κ1) is 11.5. The minimum atomic E-state index is -0.185. The number of rotatable bonds is 1. The van der Waals surface area contributed by atoms with Crippen molar-refractivity contribution >= 4 is 28.5 Å². The highest BCUT2D eigenvalue weighted by molar-refractivity contribution is 14.1. The molecule has 0 aliphatic rings. The van der Waals surface area contributed by atoms with Gasteiger partial charge in [0.2, 0.25) is 0 Å². The van der Waals surface area contributed by atoms with E-state index < -0.39 is 0 Å². The zero-order chi connectivity index (χ0) is 10.8. The molecule has 0 bridgehead atoms. The lowest BCUT2D eigenvalue weighted by Crippen LogP contribution is -2.40. The summed E-state index contributed by atoms with van der Waals surface area (Å²) in [4.78, 5) is 11.8. The normalized spacial score (nSPS) is 11.1. The van der Waals surface area contributed by atoms with E-state index in [1.807, 2.05) is 45.0 Å². The molecule has 1 rings (SSSR count). The van der Waals surface area contributed by atoms with Crippen LogP contribution in [-0.2, 0) is 0 Å². The fraction of sp³-hybridized carbons (Fsp3) is 0.364. The lowest BCUT2D eigenvalue weighted by Gasteiger charge is -2.20. The fourth-order valence-electron chi connectivity index (χ4n) is 1.05. The molecule has 1 aromatic carbocycles. The van der Waals surface area contributed by atoms with E-state index in [1.54, 1.807) is 0 Å². The molecule has 0 spiro atoms. The van der Waals surface area contributed by atoms with Gasteiger partial charge < -0.3 is 5.32 Å². The highest BCUT2D eigenvalue weighted by atomic mass is 127. The Labute approximate surface area is 98.2 Å². The summed E-state index contributed by atoms with van der Waals surface area (Å²) < 4.78 is 0.979. The van der Waals surface area contributed by atoms with Crippen molar-refractivity contribution < 1.29 is 4.79 Å². The first-order valence-corrected chi connectivity index (χ1v) is 5.55. The average molecular weight is 303 g/mol. The quantitative estimate of drug-likeness (QED) is 0.794. The molecule has 0 unspecified atom stereocenters. The third-order valence-corrected chi connectivity index (χ3v) is 2.55. The van der Waals surface area contributed by atoms with E-state index in [2.05, 4.69) is 27.9 Å². The maximum Gasteiger partial charge on any atom is 0.252 e. The maximum atomic E-state index is 11.8. The maximum absolute atomic E-state index is 11.8. The number of benzene rings is 1. The van der Waals surface area contributed by atoms with Crippen LogP contribution in [-0.4, -0.2) is 11.4 Å². The lowest BCUT2D eigenvalue weighted by atomic mass is 10.1. The smallest absolute Gasteiger partial charge is 0.252 e. The van der Waals surface area contributed by atoms with Crippen LogP contribution >= 0.6 is 22.6 Å². The number of carbonyl (C=O) groups excluding carboxylic acids is 1. The monoisotopic (exact) mass is 303 g/mol. The largest absolute Gasteiger partial charge is 0.347 e. The van der Waals surface area contributed by atoms with Gasteiger partial charge in [0.05, 0.1) is 5.56 Å². The number of hydrogen-bond acceptors (Lipinski definition) is 1. The predicted molar refractivity (Wildman–Crippen MR) is 66.4 cm³/mol. The van der Waals surface area contributed by atoms with E-state index in [0.717, 1.165) is 9.13 Å². The molecule has 3 heteroatoms. The van der Waals surface area contributed by atoms with Crippen LogP contribution in [0.25, 0.3) is 0 Å². The van der Waals surface area contributed by atoms with Gasteiger partial charge >= 0.3 is 0 Å². The molecular formula is C11H14INO. The van der Waals surface area contributed by atoms with Crippen LogP contribution in [0.15, 0.2) is 24.3 Å². The first-order valence-electron chi connectivity index (χ1n) is 4.47. The predicted octanol–water partition coefficient (Wildman–Crippen LogP) is 2.82. The Morgan fingerprint density at radius 1 is 1.29 bits per heavy atom. The van der Waals surface area contributed by atoms with E-state index in [-0.39, 0.29) is 11.4 Å². The topological polar surface area (TPSA) is 29.1 Å². The average Bonchev–Trinajstić information content (AvgIpc) is 2.01. The Hall–Kier alpha value is -0.580. The molecule has 1 N–H and O–H groups in total. The van der Waals surface area contributed by atoms with Crippen LogP contribution in [0.2, 0.25) is 0 Å². The van der Waals surface area contributed by atoms with Crippen molar-refractivity contribution in [3.63, 3.8) is 0 Å². The number of nitrogens with one attached hydrogen (secondary N) is 1. The van der Waals surface area contributed by atoms with Crippen LogP contribution in [0.5, 0.6) is 0 Å². The van der Waals surface area contributed by atoms with Crippen molar-refractivity contribution in [2.24, 2.45) is 0 Å². The van der Waals surface area contributed by atoms with Crippen LogP contribution in [0, 0.1) is 3.57 Å². The van der Waals surface area contributed by atoms with Gasteiger partial charge in [-0.2, -0.15) is 0 Å². The van der Waals surface area contributed by atoms with Crippen molar-refractivity contribution in [2.45, 2.75) is 26.3 Å². The van der Waals surface area contributed by atoms with Crippen LogP contribution < -0.4 is 5.32 Å². The molecule has 76 valence electrons. The third kappa shape index (κ3) is 3.29. The Bertz CT molecular complexity index is 341. The van der Waals surface area contributed by atoms with E-state index >= 15 is 0 Å². The van der Waals surface area contributed by atoms with Gasteiger partial charge in [-0.05, 0) is 55.5 Å². The van der Waals surface area contributed by atoms with Gasteiger partial charge in [0, 0.05) is 9.11 Å². The molecular weight excluding hydrogens is 289 g/mol. The molecule has 14 heavy (non-hydrogen) atoms. The molecule has 0 heterocycles. The Kier molecular flexibility index (Phi) is 3.53. The standard InChI is InChI=1S/C11H14INO/c1-11(2,3)13-10(14)8-6-4-5-7-9(8)12/h4-7H,1-3H3,(H,13,14). The molecule has 0 aromatic heterocycles. The van der Waals surface area contributed by atoms with E-state index in [1.165, 1.54) is 0 Å². The van der Waals surface area contributed by atoms with Gasteiger partial charge in [-0.3, -0.25) is 4.79 Å². The van der Waals surface area contributed by atoms with Crippen molar-refractivity contribution in [1.82, 2.24) is 5.32 Å². The zero-order valence-corrected chi connectivity index (χ0v) is 10.8. The number of carbonyl (C=O) groups is 1. The number of hydrogen-bond donors (Lipinski definition) is 1. The summed E-state index contributed by atoms with van der Waals surface area (Å²) in [5, 5.41) is 2.93. The van der Waals surface area contributed by atoms with Crippen LogP contribution in [0.4, 0.5) is 0 Å². The van der Waals surface area contributed by atoms with Gasteiger partial charge in [0.25, 0.3) is 5.91 Å². The minimum Gasteiger partial charge on any atom is -0.347 e. The molecule has 0 atom stereocenters. The molecule has 0 fully saturated rings. The molecule has 1 aromatic rings. The third-order valence-electron chi connectivity index (χ3n) is 1.61. The summed E-state index contributed by atoms with van der Waals surface area (Å²) in [5.41, 5.74) is 0.554. The zero-order valence-electron chi connectivity index (χ0n) is 8.60. The summed E-state index contributed by atoms with van der Waals surface area (Å²) in [6, 6.07) is 7.57. The van der Waals surface area contributed by atoms with Crippen LogP contribution in [0.3, 0.4) is 0 Å². The van der Waals surface area contributed by atoms with Gasteiger partial charge in [-0.25, -0.2) is 0 Å². The Morgan fingerprint density at radius 2 is 1.86 bits per heavy atom. The molecule has 0 saturated carbocycles. The highest BCUT2D eigenvalue weighted by Crippen LogP contribution is 2.12. The number of halogens is 1. The minimum absolute atomic E-state index is 0.0116. The second kappa shape index (κ2) is 4.29. The second-order valence-electron chi connectivity index (χ2n) is 4.18. The molecule has 1 amide bonds. The molecule has 0 aliphatic heterocycles. The second-order valence-corrected chi connectivity index (χ2v) is 5.35. The SMILES string of the molecule is CC(C)(C)NC(=O)c1ccccc1I. The highest BCUT2D eigenvalue weighted by Gasteiger charge is 2.16. The Balaban J connectivity index is 2.86. The van der Waals surface area contributed by atoms with Crippen molar-refractivity contribution in [3.05, 3.63) is 33.4 Å². The van der Waals surface area contributed by atoms with Crippen molar-refractivity contribution in [1.29, 1.82) is 0 Å². The summed E-state index contributed by atoms with van der Waals surface area (Å²) in [6.07, 6.45) is 0. The molecule has 0 saturated heterocycles. The van der Waals surface area contributed by atoms with Gasteiger partial charge in [-0.1, -0.05) is 12.1 Å². The summed E-state index contributed by atoms with van der Waals surface area (Å²) in [6.45, 7) is 5.92. The molecule has 0 aliphatic carbocycles. The Morgan fingerprint density at radius 3 is 2.36 bits per heavy atom. The lowest BCUT2D eigenvalue weighted by molar-refractivity contribution is 0.0918. The summed E-state index contributed by atoms with van der Waals surface area (Å²) in [7, 11) is 0. The van der Waals surface area contributed by atoms with Crippen molar-refractivity contribution in [2.75, 3.05) is 0 Å². The van der Waals surface area contributed by atoms with E-state index in [0.29, 0.717) is 0 Å². The summed E-state index contributed by atoms with van der Waals surface area (Å²) >= 11 is 2.17. The first-order chi connectivity index (χ1) is 6.40. The van der Waals surface area contributed by atoms with E-state index in [4.69, 9.17) is 0 Å². The fourth-order valence-corrected chi connectivity index (χ4v) is 1.69. The molecule has 0 radical (unpaired) electrons.